The first-order chi connectivity index (χ1) is 15.3. The van der Waals surface area contributed by atoms with E-state index in [1.807, 2.05) is 45.0 Å². The summed E-state index contributed by atoms with van der Waals surface area (Å²) in [5.41, 5.74) is 2.94. The van der Waals surface area contributed by atoms with Gasteiger partial charge in [-0.1, -0.05) is 12.1 Å². The molecule has 0 bridgehead atoms. The van der Waals surface area contributed by atoms with Gasteiger partial charge >= 0.3 is 0 Å². The minimum absolute atomic E-state index is 0.0606. The minimum atomic E-state index is -2.95. The number of aryl methyl sites for hydroxylation is 1. The maximum Gasteiger partial charge on any atom is 0.161 e. The van der Waals surface area contributed by atoms with Crippen molar-refractivity contribution in [3.63, 3.8) is 0 Å². The van der Waals surface area contributed by atoms with Gasteiger partial charge in [-0.3, -0.25) is 9.29 Å². The number of aromatic hydroxyl groups is 1. The van der Waals surface area contributed by atoms with Gasteiger partial charge in [0, 0.05) is 29.3 Å². The first-order valence-electron chi connectivity index (χ1n) is 11.5. The van der Waals surface area contributed by atoms with Crippen molar-refractivity contribution in [3.8, 4) is 11.5 Å². The molecule has 3 rings (SSSR count). The molecule has 2 aromatic rings. The highest BCUT2D eigenvalue weighted by Crippen LogP contribution is 2.35. The summed E-state index contributed by atoms with van der Waals surface area (Å²) in [4.78, 5) is 2.91. The number of phenolic OH excluding ortho intramolecular Hbond substituents is 1. The number of hydrogen-bond donors (Lipinski definition) is 2. The number of benzene rings is 2. The lowest BCUT2D eigenvalue weighted by Crippen LogP contribution is -2.40. The normalized spacial score (nSPS) is 16.4. The molecule has 7 heteroatoms. The largest absolute Gasteiger partial charge is 0.504 e. The monoisotopic (exact) mass is 476 g/mol. The van der Waals surface area contributed by atoms with E-state index in [1.165, 1.54) is 5.56 Å². The number of nitrogens with zero attached hydrogens (tertiary/aromatic N) is 1. The molecule has 0 amide bonds. The Bertz CT molecular complexity index is 1090. The molecule has 0 aromatic heterocycles. The van der Waals surface area contributed by atoms with Crippen LogP contribution in [-0.2, 0) is 29.2 Å². The van der Waals surface area contributed by atoms with Gasteiger partial charge in [0.1, 0.15) is 5.60 Å². The Kier molecular flexibility index (Phi) is 7.44. The smallest absolute Gasteiger partial charge is 0.161 e. The second-order valence-corrected chi connectivity index (χ2v) is 12.8. The average molecular weight is 477 g/mol. The standard InChI is InChI=1S/C26H37FN2O3S/c1-25(2,3)32-24-15-19(7-10-23(24)30)11-12-26(4,5)29-17-20-8-9-22(16-21(20)18-29)33(28,31)14-6-13-27/h7-10,15-16,28,30H,6,11-14,17-18H2,1-5H3. The quantitative estimate of drug-likeness (QED) is 0.461. The summed E-state index contributed by atoms with van der Waals surface area (Å²) >= 11 is 0. The number of hydrogen-bond acceptors (Lipinski definition) is 5. The van der Waals surface area contributed by atoms with Gasteiger partial charge in [0.15, 0.2) is 11.5 Å². The molecule has 0 aliphatic carbocycles. The highest BCUT2D eigenvalue weighted by atomic mass is 32.2. The van der Waals surface area contributed by atoms with E-state index in [0.717, 1.165) is 37.1 Å². The molecule has 5 nitrogen and oxygen atoms in total. The van der Waals surface area contributed by atoms with Gasteiger partial charge in [0.2, 0.25) is 0 Å². The van der Waals surface area contributed by atoms with Gasteiger partial charge < -0.3 is 9.84 Å². The van der Waals surface area contributed by atoms with Crippen molar-refractivity contribution in [3.05, 3.63) is 53.1 Å². The molecule has 33 heavy (non-hydrogen) atoms. The van der Waals surface area contributed by atoms with Crippen LogP contribution in [0.1, 0.15) is 64.2 Å². The van der Waals surface area contributed by atoms with Crippen molar-refractivity contribution in [2.24, 2.45) is 0 Å². The highest BCUT2D eigenvalue weighted by Gasteiger charge is 2.32. The third-order valence-corrected chi connectivity index (χ3v) is 8.05. The predicted octanol–water partition coefficient (Wildman–Crippen LogP) is 6.06. The highest BCUT2D eigenvalue weighted by molar-refractivity contribution is 7.92. The van der Waals surface area contributed by atoms with E-state index in [4.69, 9.17) is 9.52 Å². The summed E-state index contributed by atoms with van der Waals surface area (Å²) in [6.07, 6.45) is 1.91. The first kappa shape index (κ1) is 25.5. The Morgan fingerprint density at radius 1 is 1.09 bits per heavy atom. The van der Waals surface area contributed by atoms with Gasteiger partial charge in [-0.15, -0.1) is 0 Å². The van der Waals surface area contributed by atoms with Gasteiger partial charge in [-0.25, -0.2) is 8.99 Å². The van der Waals surface area contributed by atoms with Crippen LogP contribution in [0, 0.1) is 4.78 Å². The van der Waals surface area contributed by atoms with Crippen LogP contribution in [0.25, 0.3) is 0 Å². The Hall–Kier alpha value is -2.12. The summed E-state index contributed by atoms with van der Waals surface area (Å²) in [5.74, 6) is 0.715. The lowest BCUT2D eigenvalue weighted by molar-refractivity contribution is 0.109. The zero-order chi connectivity index (χ0) is 24.4. The summed E-state index contributed by atoms with van der Waals surface area (Å²) in [6.45, 7) is 11.3. The van der Waals surface area contributed by atoms with E-state index in [1.54, 1.807) is 12.1 Å². The molecule has 0 fully saturated rings. The van der Waals surface area contributed by atoms with Gasteiger partial charge in [0.05, 0.1) is 16.4 Å². The summed E-state index contributed by atoms with van der Waals surface area (Å²) in [5, 5.41) is 10.1. The Morgan fingerprint density at radius 3 is 2.45 bits per heavy atom. The molecule has 182 valence electrons. The topological polar surface area (TPSA) is 73.6 Å². The van der Waals surface area contributed by atoms with Crippen LogP contribution in [-0.4, -0.2) is 37.8 Å². The molecule has 1 heterocycles. The third kappa shape index (κ3) is 6.48. The molecule has 2 aromatic carbocycles. The summed E-state index contributed by atoms with van der Waals surface area (Å²) in [6, 6.07) is 11.2. The number of nitrogens with one attached hydrogen (secondary N) is 1. The van der Waals surface area contributed by atoms with Crippen molar-refractivity contribution in [1.82, 2.24) is 4.90 Å². The van der Waals surface area contributed by atoms with E-state index < -0.39 is 16.4 Å². The molecule has 1 unspecified atom stereocenters. The van der Waals surface area contributed by atoms with Crippen LogP contribution in [0.2, 0.25) is 0 Å². The zero-order valence-corrected chi connectivity index (χ0v) is 21.2. The van der Waals surface area contributed by atoms with Crippen molar-refractivity contribution in [1.29, 1.82) is 4.78 Å². The van der Waals surface area contributed by atoms with Gasteiger partial charge in [-0.05, 0) is 94.8 Å². The fourth-order valence-corrected chi connectivity index (χ4v) is 5.49. The molecule has 1 atom stereocenters. The maximum atomic E-state index is 12.7. The van der Waals surface area contributed by atoms with Crippen molar-refractivity contribution in [2.75, 3.05) is 12.4 Å². The fraction of sp³-hybridized carbons (Fsp3) is 0.538. The molecule has 2 N–H and O–H groups in total. The first-order valence-corrected chi connectivity index (χ1v) is 13.2. The van der Waals surface area contributed by atoms with E-state index in [9.17, 15) is 13.7 Å². The van der Waals surface area contributed by atoms with Crippen LogP contribution in [0.4, 0.5) is 4.39 Å². The number of phenols is 1. The minimum Gasteiger partial charge on any atom is -0.504 e. The second-order valence-electron chi connectivity index (χ2n) is 10.5. The number of rotatable bonds is 9. The molecule has 0 saturated heterocycles. The van der Waals surface area contributed by atoms with E-state index in [0.29, 0.717) is 10.6 Å². The Balaban J connectivity index is 1.68. The molecule has 0 saturated carbocycles. The van der Waals surface area contributed by atoms with Crippen molar-refractivity contribution >= 4 is 9.73 Å². The van der Waals surface area contributed by atoms with Crippen LogP contribution in [0.3, 0.4) is 0 Å². The SMILES string of the molecule is CC(C)(C)Oc1cc(CCC(C)(C)N2Cc3ccc(S(=N)(=O)CCCF)cc3C2)ccc1O. The predicted molar refractivity (Wildman–Crippen MR) is 131 cm³/mol. The molecular formula is C26H37FN2O3S. The van der Waals surface area contributed by atoms with Crippen LogP contribution < -0.4 is 4.74 Å². The van der Waals surface area contributed by atoms with Crippen LogP contribution in [0.5, 0.6) is 11.5 Å². The Labute approximate surface area is 197 Å². The number of halogens is 1. The fourth-order valence-electron chi connectivity index (χ4n) is 4.11. The number of ether oxygens (including phenoxy) is 1. The molecule has 1 aliphatic rings. The van der Waals surface area contributed by atoms with E-state index >= 15 is 0 Å². The maximum absolute atomic E-state index is 12.7. The van der Waals surface area contributed by atoms with Crippen molar-refractivity contribution < 1.29 is 18.4 Å². The van der Waals surface area contributed by atoms with Crippen molar-refractivity contribution in [2.45, 2.75) is 83.0 Å². The molecular weight excluding hydrogens is 439 g/mol. The number of alkyl halides is 1. The van der Waals surface area contributed by atoms with Crippen LogP contribution >= 0.6 is 0 Å². The van der Waals surface area contributed by atoms with E-state index in [-0.39, 0.29) is 29.1 Å². The van der Waals surface area contributed by atoms with Gasteiger partial charge in [0.25, 0.3) is 0 Å². The van der Waals surface area contributed by atoms with Gasteiger partial charge in [-0.2, -0.15) is 0 Å². The molecule has 0 radical (unpaired) electrons. The average Bonchev–Trinajstić information content (AvgIpc) is 3.16. The molecule has 1 aliphatic heterocycles. The molecule has 0 spiro atoms. The third-order valence-electron chi connectivity index (χ3n) is 6.17. The second kappa shape index (κ2) is 9.63. The Morgan fingerprint density at radius 2 is 1.79 bits per heavy atom. The number of fused-ring (bicyclic) bond motifs is 1. The lowest BCUT2D eigenvalue weighted by Gasteiger charge is -2.35. The zero-order valence-electron chi connectivity index (χ0n) is 20.4. The van der Waals surface area contributed by atoms with Crippen LogP contribution in [0.15, 0.2) is 41.3 Å². The summed E-state index contributed by atoms with van der Waals surface area (Å²) in [7, 11) is -2.95. The summed E-state index contributed by atoms with van der Waals surface area (Å²) < 4.78 is 39.3. The van der Waals surface area contributed by atoms with E-state index in [2.05, 4.69) is 18.7 Å². The lowest BCUT2D eigenvalue weighted by atomic mass is 9.93.